The van der Waals surface area contributed by atoms with Crippen molar-refractivity contribution in [1.29, 1.82) is 0 Å². The number of unbranched alkanes of at least 4 members (excludes halogenated alkanes) is 17. The standard InChI is InChI=1S/C20H36O2.C16H30O2/c1-3-4-5-6-7-8-9-10-11-12-13-14-15-16-17-18-19-22-20(2)21;1-3-4-5-6-7-8-9-10-11-12-13-14-15-18-16(2)17/h6-7,16-17H,3-5,8-15,18-19H2,1-2H3;4-5H,3,6-15H2,1-2H3/b7-6+,17-16-;5-4-. The highest BCUT2D eigenvalue weighted by Gasteiger charge is 1.95. The fourth-order valence-corrected chi connectivity index (χ4v) is 4.22. The van der Waals surface area contributed by atoms with Gasteiger partial charge in [-0.05, 0) is 64.2 Å². The van der Waals surface area contributed by atoms with Crippen molar-refractivity contribution >= 4 is 11.9 Å². The van der Waals surface area contributed by atoms with E-state index in [1.165, 1.54) is 129 Å². The zero-order chi connectivity index (χ0) is 29.8. The molecule has 0 spiro atoms. The molecule has 0 N–H and O–H groups in total. The van der Waals surface area contributed by atoms with Gasteiger partial charge in [-0.15, -0.1) is 0 Å². The van der Waals surface area contributed by atoms with Crippen LogP contribution in [0.4, 0.5) is 0 Å². The van der Waals surface area contributed by atoms with Crippen LogP contribution in [-0.4, -0.2) is 25.2 Å². The van der Waals surface area contributed by atoms with E-state index in [9.17, 15) is 9.59 Å². The Labute approximate surface area is 249 Å². The highest BCUT2D eigenvalue weighted by atomic mass is 16.5. The van der Waals surface area contributed by atoms with Crippen molar-refractivity contribution in [3.8, 4) is 0 Å². The maximum atomic E-state index is 10.6. The Kier molecular flexibility index (Phi) is 37.4. The lowest BCUT2D eigenvalue weighted by Gasteiger charge is -2.02. The number of rotatable bonds is 27. The largest absolute Gasteiger partial charge is 0.466 e. The molecule has 0 saturated heterocycles. The number of carbonyl (C=O) groups excluding carboxylic acids is 2. The number of carbonyl (C=O) groups is 2. The van der Waals surface area contributed by atoms with Crippen molar-refractivity contribution in [3.63, 3.8) is 0 Å². The maximum absolute atomic E-state index is 10.6. The van der Waals surface area contributed by atoms with E-state index in [-0.39, 0.29) is 11.9 Å². The van der Waals surface area contributed by atoms with E-state index in [4.69, 9.17) is 9.47 Å². The van der Waals surface area contributed by atoms with Crippen LogP contribution in [0.3, 0.4) is 0 Å². The second-order valence-corrected chi connectivity index (χ2v) is 10.7. The fraction of sp³-hybridized carbons (Fsp3) is 0.778. The molecule has 0 heterocycles. The first-order chi connectivity index (χ1) is 19.5. The zero-order valence-corrected chi connectivity index (χ0v) is 27.1. The molecule has 40 heavy (non-hydrogen) atoms. The van der Waals surface area contributed by atoms with E-state index < -0.39 is 0 Å². The van der Waals surface area contributed by atoms with Gasteiger partial charge in [0.15, 0.2) is 0 Å². The van der Waals surface area contributed by atoms with Gasteiger partial charge in [0, 0.05) is 13.8 Å². The summed E-state index contributed by atoms with van der Waals surface area (Å²) in [6.07, 6.45) is 41.4. The molecule has 0 aromatic heterocycles. The molecule has 0 aromatic rings. The van der Waals surface area contributed by atoms with Crippen LogP contribution in [0, 0.1) is 0 Å². The van der Waals surface area contributed by atoms with Gasteiger partial charge < -0.3 is 9.47 Å². The van der Waals surface area contributed by atoms with E-state index in [2.05, 4.69) is 50.3 Å². The third-order valence-corrected chi connectivity index (χ3v) is 6.61. The van der Waals surface area contributed by atoms with Gasteiger partial charge >= 0.3 is 11.9 Å². The molecule has 0 aromatic carbocycles. The van der Waals surface area contributed by atoms with Crippen LogP contribution in [0.5, 0.6) is 0 Å². The van der Waals surface area contributed by atoms with Crippen LogP contribution in [0.1, 0.15) is 169 Å². The van der Waals surface area contributed by atoms with Gasteiger partial charge in [-0.1, -0.05) is 127 Å². The van der Waals surface area contributed by atoms with Crippen molar-refractivity contribution < 1.29 is 19.1 Å². The van der Waals surface area contributed by atoms with Gasteiger partial charge in [-0.25, -0.2) is 0 Å². The minimum atomic E-state index is -0.190. The Morgan fingerprint density at radius 2 is 0.775 bits per heavy atom. The Morgan fingerprint density at radius 3 is 1.20 bits per heavy atom. The molecule has 0 bridgehead atoms. The highest BCUT2D eigenvalue weighted by molar-refractivity contribution is 5.66. The Balaban J connectivity index is 0. The van der Waals surface area contributed by atoms with Gasteiger partial charge in [0.1, 0.15) is 0 Å². The molecular formula is C36H66O4. The maximum Gasteiger partial charge on any atom is 0.302 e. The number of ether oxygens (including phenoxy) is 2. The Morgan fingerprint density at radius 1 is 0.425 bits per heavy atom. The van der Waals surface area contributed by atoms with E-state index in [1.807, 2.05) is 0 Å². The summed E-state index contributed by atoms with van der Waals surface area (Å²) in [4.78, 5) is 21.1. The number of hydrogen-bond acceptors (Lipinski definition) is 4. The third kappa shape index (κ3) is 43.2. The molecule has 0 atom stereocenters. The molecule has 0 amide bonds. The SMILES string of the molecule is CC/C=C\CCCCCCCCCCOC(C)=O.CCCC/C=C/CCCCCCCC/C=C\CCOC(C)=O. The van der Waals surface area contributed by atoms with Gasteiger partial charge in [0.05, 0.1) is 13.2 Å². The van der Waals surface area contributed by atoms with Crippen molar-refractivity contribution in [3.05, 3.63) is 36.5 Å². The predicted octanol–water partition coefficient (Wildman–Crippen LogP) is 11.4. The highest BCUT2D eigenvalue weighted by Crippen LogP contribution is 2.11. The summed E-state index contributed by atoms with van der Waals surface area (Å²) < 4.78 is 9.75. The lowest BCUT2D eigenvalue weighted by Crippen LogP contribution is -2.00. The predicted molar refractivity (Wildman–Crippen MR) is 174 cm³/mol. The lowest BCUT2D eigenvalue weighted by molar-refractivity contribution is -0.141. The summed E-state index contributed by atoms with van der Waals surface area (Å²) in [6, 6.07) is 0. The summed E-state index contributed by atoms with van der Waals surface area (Å²) >= 11 is 0. The summed E-state index contributed by atoms with van der Waals surface area (Å²) in [5, 5.41) is 0. The van der Waals surface area contributed by atoms with Gasteiger partial charge in [-0.3, -0.25) is 9.59 Å². The van der Waals surface area contributed by atoms with Crippen LogP contribution < -0.4 is 0 Å². The molecule has 0 aliphatic rings. The Hall–Kier alpha value is -1.84. The monoisotopic (exact) mass is 562 g/mol. The molecule has 0 aliphatic heterocycles. The Bertz CT molecular complexity index is 606. The quantitative estimate of drug-likeness (QED) is 0.0567. The van der Waals surface area contributed by atoms with E-state index in [1.54, 1.807) is 0 Å². The van der Waals surface area contributed by atoms with Gasteiger partial charge in [-0.2, -0.15) is 0 Å². The molecular weight excluding hydrogens is 496 g/mol. The van der Waals surface area contributed by atoms with E-state index in [0.717, 1.165) is 25.7 Å². The molecule has 0 unspecified atom stereocenters. The molecule has 4 nitrogen and oxygen atoms in total. The zero-order valence-electron chi connectivity index (χ0n) is 27.1. The molecule has 0 aliphatic carbocycles. The summed E-state index contributed by atoms with van der Waals surface area (Å²) in [7, 11) is 0. The average molecular weight is 563 g/mol. The van der Waals surface area contributed by atoms with Crippen LogP contribution >= 0.6 is 0 Å². The van der Waals surface area contributed by atoms with Crippen LogP contribution in [0.15, 0.2) is 36.5 Å². The first-order valence-corrected chi connectivity index (χ1v) is 16.8. The smallest absolute Gasteiger partial charge is 0.302 e. The minimum Gasteiger partial charge on any atom is -0.466 e. The first-order valence-electron chi connectivity index (χ1n) is 16.8. The van der Waals surface area contributed by atoms with Crippen molar-refractivity contribution in [1.82, 2.24) is 0 Å². The minimum absolute atomic E-state index is 0.160. The average Bonchev–Trinajstić information content (AvgIpc) is 2.93. The van der Waals surface area contributed by atoms with Crippen molar-refractivity contribution in [2.45, 2.75) is 169 Å². The normalized spacial score (nSPS) is 11.3. The second-order valence-electron chi connectivity index (χ2n) is 10.7. The van der Waals surface area contributed by atoms with Crippen LogP contribution in [-0.2, 0) is 19.1 Å². The summed E-state index contributed by atoms with van der Waals surface area (Å²) in [5.41, 5.74) is 0. The van der Waals surface area contributed by atoms with Crippen LogP contribution in [0.2, 0.25) is 0 Å². The summed E-state index contributed by atoms with van der Waals surface area (Å²) in [6.45, 7) is 8.45. The lowest BCUT2D eigenvalue weighted by atomic mass is 10.1. The van der Waals surface area contributed by atoms with Crippen molar-refractivity contribution in [2.75, 3.05) is 13.2 Å². The number of esters is 2. The molecule has 0 fully saturated rings. The molecule has 0 radical (unpaired) electrons. The number of allylic oxidation sites excluding steroid dienone is 5. The fourth-order valence-electron chi connectivity index (χ4n) is 4.22. The van der Waals surface area contributed by atoms with Gasteiger partial charge in [0.2, 0.25) is 0 Å². The van der Waals surface area contributed by atoms with E-state index >= 15 is 0 Å². The molecule has 4 heteroatoms. The number of hydrogen-bond donors (Lipinski definition) is 0. The molecule has 234 valence electrons. The molecule has 0 saturated carbocycles. The molecule has 0 rings (SSSR count). The summed E-state index contributed by atoms with van der Waals surface area (Å²) in [5.74, 6) is -0.350. The van der Waals surface area contributed by atoms with Crippen molar-refractivity contribution in [2.24, 2.45) is 0 Å². The topological polar surface area (TPSA) is 52.6 Å². The van der Waals surface area contributed by atoms with Crippen LogP contribution in [0.25, 0.3) is 0 Å². The second kappa shape index (κ2) is 37.2. The van der Waals surface area contributed by atoms with E-state index in [0.29, 0.717) is 13.2 Å². The van der Waals surface area contributed by atoms with Gasteiger partial charge in [0.25, 0.3) is 0 Å². The third-order valence-electron chi connectivity index (χ3n) is 6.61. The first kappa shape index (κ1) is 40.3.